The summed E-state index contributed by atoms with van der Waals surface area (Å²) in [5.74, 6) is 0.550. The van der Waals surface area contributed by atoms with Crippen LogP contribution in [0.2, 0.25) is 5.02 Å². The van der Waals surface area contributed by atoms with Crippen molar-refractivity contribution in [3.05, 3.63) is 29.0 Å². The largest absolute Gasteiger partial charge is 0.259 e. The summed E-state index contributed by atoms with van der Waals surface area (Å²) in [4.78, 5) is 4.45. The molecule has 0 saturated carbocycles. The zero-order chi connectivity index (χ0) is 11.8. The molecule has 0 radical (unpaired) electrons. The average Bonchev–Trinajstić information content (AvgIpc) is 2.31. The number of rotatable bonds is 7. The van der Waals surface area contributed by atoms with Gasteiger partial charge >= 0.3 is 0 Å². The Labute approximate surface area is 104 Å². The van der Waals surface area contributed by atoms with Crippen molar-refractivity contribution in [1.29, 1.82) is 0 Å². The molecule has 0 unspecified atom stereocenters. The minimum Gasteiger partial charge on any atom is -0.259 e. The molecule has 0 aromatic carbocycles. The zero-order valence-electron chi connectivity index (χ0n) is 10.4. The molecule has 1 heterocycles. The molecule has 0 N–H and O–H groups in total. The third kappa shape index (κ3) is 4.13. The molecule has 16 heavy (non-hydrogen) atoms. The molecule has 0 atom stereocenters. The highest BCUT2D eigenvalue weighted by molar-refractivity contribution is 6.31. The van der Waals surface area contributed by atoms with Gasteiger partial charge in [0.2, 0.25) is 0 Å². The summed E-state index contributed by atoms with van der Waals surface area (Å²) in [5, 5.41) is 0.833. The fourth-order valence-electron chi connectivity index (χ4n) is 2.02. The van der Waals surface area contributed by atoms with Gasteiger partial charge in [0.25, 0.3) is 0 Å². The van der Waals surface area contributed by atoms with Crippen LogP contribution in [0.4, 0.5) is 0 Å². The van der Waals surface area contributed by atoms with Gasteiger partial charge in [-0.2, -0.15) is 0 Å². The summed E-state index contributed by atoms with van der Waals surface area (Å²) >= 11 is 6.21. The normalized spacial score (nSPS) is 11.0. The predicted molar refractivity (Wildman–Crippen MR) is 71.0 cm³/mol. The molecule has 2 heteroatoms. The second-order valence-electron chi connectivity index (χ2n) is 4.35. The quantitative estimate of drug-likeness (QED) is 0.637. The zero-order valence-corrected chi connectivity index (χ0v) is 11.1. The van der Waals surface area contributed by atoms with Crippen molar-refractivity contribution in [2.24, 2.45) is 0 Å². The van der Waals surface area contributed by atoms with Crippen molar-refractivity contribution < 1.29 is 0 Å². The first-order valence-corrected chi connectivity index (χ1v) is 6.77. The molecule has 0 aliphatic carbocycles. The Kier molecular flexibility index (Phi) is 6.47. The van der Waals surface area contributed by atoms with Crippen LogP contribution in [0, 0.1) is 0 Å². The summed E-state index contributed by atoms with van der Waals surface area (Å²) in [5.41, 5.74) is 1.10. The Morgan fingerprint density at radius 3 is 2.31 bits per heavy atom. The molecular weight excluding hydrogens is 218 g/mol. The topological polar surface area (TPSA) is 12.9 Å². The lowest BCUT2D eigenvalue weighted by Crippen LogP contribution is -2.02. The first-order valence-electron chi connectivity index (χ1n) is 6.40. The van der Waals surface area contributed by atoms with E-state index in [0.717, 1.165) is 10.7 Å². The first-order chi connectivity index (χ1) is 7.79. The maximum Gasteiger partial charge on any atom is 0.0624 e. The molecule has 0 bridgehead atoms. The Balaban J connectivity index is 2.70. The van der Waals surface area contributed by atoms with Gasteiger partial charge in [0.1, 0.15) is 0 Å². The summed E-state index contributed by atoms with van der Waals surface area (Å²) in [6, 6.07) is 3.86. The number of hydrogen-bond acceptors (Lipinski definition) is 1. The Hall–Kier alpha value is -0.560. The Morgan fingerprint density at radius 1 is 1.19 bits per heavy atom. The van der Waals surface area contributed by atoms with E-state index in [1.165, 1.54) is 38.5 Å². The standard InChI is InChI=1S/C14H22ClN/c1-3-5-8-12(9-6-4-2)14-13(15)10-7-11-16-14/h7,10-12H,3-6,8-9H2,1-2H3. The number of nitrogens with zero attached hydrogens (tertiary/aromatic N) is 1. The van der Waals surface area contributed by atoms with Gasteiger partial charge in [-0.15, -0.1) is 0 Å². The molecule has 1 nitrogen and oxygen atoms in total. The smallest absolute Gasteiger partial charge is 0.0624 e. The molecule has 0 aliphatic heterocycles. The molecular formula is C14H22ClN. The Morgan fingerprint density at radius 2 is 1.81 bits per heavy atom. The maximum atomic E-state index is 6.21. The first kappa shape index (κ1) is 13.5. The Bertz CT molecular complexity index is 291. The summed E-state index contributed by atoms with van der Waals surface area (Å²) in [6.07, 6.45) is 9.30. The van der Waals surface area contributed by atoms with Crippen molar-refractivity contribution >= 4 is 11.6 Å². The highest BCUT2D eigenvalue weighted by Gasteiger charge is 2.14. The predicted octanol–water partition coefficient (Wildman–Crippen LogP) is 5.20. The van der Waals surface area contributed by atoms with Crippen molar-refractivity contribution in [3.8, 4) is 0 Å². The molecule has 0 amide bonds. The van der Waals surface area contributed by atoms with Crippen LogP contribution in [0.1, 0.15) is 64.0 Å². The van der Waals surface area contributed by atoms with Crippen molar-refractivity contribution in [2.45, 2.75) is 58.3 Å². The SMILES string of the molecule is CCCCC(CCCC)c1ncccc1Cl. The third-order valence-electron chi connectivity index (χ3n) is 2.99. The molecule has 1 rings (SSSR count). The minimum absolute atomic E-state index is 0.550. The van der Waals surface area contributed by atoms with E-state index in [0.29, 0.717) is 5.92 Å². The van der Waals surface area contributed by atoms with Gasteiger partial charge in [-0.05, 0) is 25.0 Å². The van der Waals surface area contributed by atoms with Crippen molar-refractivity contribution in [2.75, 3.05) is 0 Å². The molecule has 1 aromatic heterocycles. The van der Waals surface area contributed by atoms with Crippen LogP contribution in [0.3, 0.4) is 0 Å². The summed E-state index contributed by atoms with van der Waals surface area (Å²) in [7, 11) is 0. The number of aromatic nitrogens is 1. The molecule has 0 saturated heterocycles. The fraction of sp³-hybridized carbons (Fsp3) is 0.643. The van der Waals surface area contributed by atoms with Gasteiger partial charge in [-0.1, -0.05) is 51.1 Å². The van der Waals surface area contributed by atoms with Crippen molar-refractivity contribution in [3.63, 3.8) is 0 Å². The van der Waals surface area contributed by atoms with E-state index in [2.05, 4.69) is 18.8 Å². The van der Waals surface area contributed by atoms with Gasteiger partial charge in [-0.3, -0.25) is 4.98 Å². The fourth-order valence-corrected chi connectivity index (χ4v) is 2.29. The summed E-state index contributed by atoms with van der Waals surface area (Å²) in [6.45, 7) is 4.47. The highest BCUT2D eigenvalue weighted by atomic mass is 35.5. The average molecular weight is 240 g/mol. The lowest BCUT2D eigenvalue weighted by molar-refractivity contribution is 0.515. The molecule has 0 spiro atoms. The minimum atomic E-state index is 0.550. The monoisotopic (exact) mass is 239 g/mol. The maximum absolute atomic E-state index is 6.21. The van der Waals surface area contributed by atoms with Crippen LogP contribution in [-0.4, -0.2) is 4.98 Å². The van der Waals surface area contributed by atoms with E-state index in [1.54, 1.807) is 0 Å². The number of unbranched alkanes of at least 4 members (excludes halogenated alkanes) is 2. The van der Waals surface area contributed by atoms with Crippen LogP contribution in [0.25, 0.3) is 0 Å². The summed E-state index contributed by atoms with van der Waals surface area (Å²) < 4.78 is 0. The molecule has 90 valence electrons. The third-order valence-corrected chi connectivity index (χ3v) is 3.31. The lowest BCUT2D eigenvalue weighted by atomic mass is 9.92. The van der Waals surface area contributed by atoms with Crippen LogP contribution in [0.15, 0.2) is 18.3 Å². The van der Waals surface area contributed by atoms with Crippen LogP contribution in [0.5, 0.6) is 0 Å². The van der Waals surface area contributed by atoms with Gasteiger partial charge in [0, 0.05) is 12.1 Å². The van der Waals surface area contributed by atoms with Gasteiger partial charge in [0.05, 0.1) is 10.7 Å². The molecule has 1 aromatic rings. The van der Waals surface area contributed by atoms with E-state index < -0.39 is 0 Å². The van der Waals surface area contributed by atoms with E-state index >= 15 is 0 Å². The van der Waals surface area contributed by atoms with Crippen molar-refractivity contribution in [1.82, 2.24) is 4.98 Å². The van der Waals surface area contributed by atoms with Crippen LogP contribution in [-0.2, 0) is 0 Å². The molecule has 0 aliphatic rings. The van der Waals surface area contributed by atoms with Crippen LogP contribution >= 0.6 is 11.6 Å². The van der Waals surface area contributed by atoms with E-state index in [4.69, 9.17) is 11.6 Å². The van der Waals surface area contributed by atoms with E-state index in [9.17, 15) is 0 Å². The van der Waals surface area contributed by atoms with E-state index in [1.807, 2.05) is 18.3 Å². The highest BCUT2D eigenvalue weighted by Crippen LogP contribution is 2.30. The number of halogens is 1. The molecule has 0 fully saturated rings. The number of hydrogen-bond donors (Lipinski definition) is 0. The number of pyridine rings is 1. The van der Waals surface area contributed by atoms with Gasteiger partial charge in [-0.25, -0.2) is 0 Å². The lowest BCUT2D eigenvalue weighted by Gasteiger charge is -2.16. The second kappa shape index (κ2) is 7.67. The van der Waals surface area contributed by atoms with Crippen LogP contribution < -0.4 is 0 Å². The van der Waals surface area contributed by atoms with Gasteiger partial charge in [0.15, 0.2) is 0 Å². The second-order valence-corrected chi connectivity index (χ2v) is 4.76. The van der Waals surface area contributed by atoms with Gasteiger partial charge < -0.3 is 0 Å². The van der Waals surface area contributed by atoms with E-state index in [-0.39, 0.29) is 0 Å².